The van der Waals surface area contributed by atoms with Gasteiger partial charge in [0.05, 0.1) is 12.1 Å². The zero-order valence-electron chi connectivity index (χ0n) is 10.5. The van der Waals surface area contributed by atoms with E-state index in [1.807, 2.05) is 0 Å². The number of carbonyl (C=O) groups excluding carboxylic acids is 1. The number of ether oxygens (including phenoxy) is 1. The van der Waals surface area contributed by atoms with Gasteiger partial charge < -0.3 is 10.1 Å². The normalized spacial score (nSPS) is 10.7. The molecule has 0 saturated heterocycles. The van der Waals surface area contributed by atoms with Crippen LogP contribution in [0.1, 0.15) is 10.5 Å². The van der Waals surface area contributed by atoms with Crippen LogP contribution in [-0.4, -0.2) is 22.4 Å². The number of benzene rings is 1. The highest BCUT2D eigenvalue weighted by molar-refractivity contribution is 7.15. The number of thiazole rings is 1. The SMILES string of the molecule is COc1ccc(NC(=O)c2csc3nccn23)cc1Cl. The predicted octanol–water partition coefficient (Wildman–Crippen LogP) is 3.31. The number of halogens is 1. The molecule has 0 atom stereocenters. The van der Waals surface area contributed by atoms with E-state index in [9.17, 15) is 4.79 Å². The Morgan fingerprint density at radius 3 is 3.10 bits per heavy atom. The predicted molar refractivity (Wildman–Crippen MR) is 79.0 cm³/mol. The van der Waals surface area contributed by atoms with Crippen LogP contribution >= 0.6 is 22.9 Å². The largest absolute Gasteiger partial charge is 0.495 e. The summed E-state index contributed by atoms with van der Waals surface area (Å²) in [5.41, 5.74) is 1.15. The minimum absolute atomic E-state index is 0.213. The molecule has 2 heterocycles. The molecule has 0 spiro atoms. The fraction of sp³-hybridized carbons (Fsp3) is 0.0769. The lowest BCUT2D eigenvalue weighted by Gasteiger charge is -2.07. The van der Waals surface area contributed by atoms with Gasteiger partial charge in [-0.15, -0.1) is 11.3 Å². The molecule has 5 nitrogen and oxygen atoms in total. The Kier molecular flexibility index (Phi) is 3.33. The summed E-state index contributed by atoms with van der Waals surface area (Å²) in [5.74, 6) is 0.354. The van der Waals surface area contributed by atoms with E-state index in [-0.39, 0.29) is 5.91 Å². The Morgan fingerprint density at radius 2 is 2.35 bits per heavy atom. The summed E-state index contributed by atoms with van der Waals surface area (Å²) in [4.78, 5) is 17.1. The van der Waals surface area contributed by atoms with Gasteiger partial charge in [-0.2, -0.15) is 0 Å². The summed E-state index contributed by atoms with van der Waals surface area (Å²) in [5, 5.41) is 5.01. The van der Waals surface area contributed by atoms with Crippen molar-refractivity contribution in [2.75, 3.05) is 12.4 Å². The number of hydrogen-bond donors (Lipinski definition) is 1. The average molecular weight is 308 g/mol. The van der Waals surface area contributed by atoms with Gasteiger partial charge in [0.1, 0.15) is 11.4 Å². The molecule has 0 aliphatic carbocycles. The number of amides is 1. The van der Waals surface area contributed by atoms with Gasteiger partial charge in [-0.3, -0.25) is 9.20 Å². The van der Waals surface area contributed by atoms with Crippen LogP contribution in [0.2, 0.25) is 5.02 Å². The van der Waals surface area contributed by atoms with Crippen molar-refractivity contribution in [2.24, 2.45) is 0 Å². The number of methoxy groups -OCH3 is 1. The molecular weight excluding hydrogens is 298 g/mol. The average Bonchev–Trinajstić information content (AvgIpc) is 3.00. The van der Waals surface area contributed by atoms with Crippen molar-refractivity contribution >= 4 is 39.5 Å². The Hall–Kier alpha value is -2.05. The van der Waals surface area contributed by atoms with Gasteiger partial charge in [0.2, 0.25) is 0 Å². The number of nitrogens with one attached hydrogen (secondary N) is 1. The van der Waals surface area contributed by atoms with E-state index in [4.69, 9.17) is 16.3 Å². The summed E-state index contributed by atoms with van der Waals surface area (Å²) < 4.78 is 6.81. The summed E-state index contributed by atoms with van der Waals surface area (Å²) in [6.45, 7) is 0. The second-order valence-corrected chi connectivity index (χ2v) is 5.25. The quantitative estimate of drug-likeness (QED) is 0.807. The van der Waals surface area contributed by atoms with E-state index in [0.29, 0.717) is 22.2 Å². The van der Waals surface area contributed by atoms with E-state index in [1.165, 1.54) is 11.3 Å². The number of hydrogen-bond acceptors (Lipinski definition) is 4. The number of anilines is 1. The first-order valence-corrected chi connectivity index (χ1v) is 7.00. The first kappa shape index (κ1) is 13.0. The highest BCUT2D eigenvalue weighted by Crippen LogP contribution is 2.27. The van der Waals surface area contributed by atoms with Crippen molar-refractivity contribution in [1.29, 1.82) is 0 Å². The second-order valence-electron chi connectivity index (χ2n) is 4.00. The molecule has 0 fully saturated rings. The van der Waals surface area contributed by atoms with E-state index in [2.05, 4.69) is 10.3 Å². The van der Waals surface area contributed by atoms with Crippen LogP contribution in [0.3, 0.4) is 0 Å². The van der Waals surface area contributed by atoms with Crippen LogP contribution in [-0.2, 0) is 0 Å². The molecule has 3 aromatic rings. The van der Waals surface area contributed by atoms with E-state index in [0.717, 1.165) is 4.96 Å². The topological polar surface area (TPSA) is 55.6 Å². The molecule has 102 valence electrons. The van der Waals surface area contributed by atoms with Gasteiger partial charge in [0.25, 0.3) is 5.91 Å². The minimum atomic E-state index is -0.213. The zero-order chi connectivity index (χ0) is 14.1. The van der Waals surface area contributed by atoms with Crippen molar-refractivity contribution < 1.29 is 9.53 Å². The number of nitrogens with zero attached hydrogens (tertiary/aromatic N) is 2. The third-order valence-electron chi connectivity index (χ3n) is 2.78. The molecule has 1 aromatic carbocycles. The standard InChI is InChI=1S/C13H10ClN3O2S/c1-19-11-3-2-8(6-9(11)14)16-12(18)10-7-20-13-15-4-5-17(10)13/h2-7H,1H3,(H,16,18). The maximum atomic E-state index is 12.2. The van der Waals surface area contributed by atoms with E-state index >= 15 is 0 Å². The highest BCUT2D eigenvalue weighted by Gasteiger charge is 2.13. The first-order valence-electron chi connectivity index (χ1n) is 5.74. The van der Waals surface area contributed by atoms with Crippen LogP contribution in [0.4, 0.5) is 5.69 Å². The lowest BCUT2D eigenvalue weighted by atomic mass is 10.3. The van der Waals surface area contributed by atoms with Crippen molar-refractivity contribution in [2.45, 2.75) is 0 Å². The summed E-state index contributed by atoms with van der Waals surface area (Å²) in [7, 11) is 1.54. The monoisotopic (exact) mass is 307 g/mol. The Labute approximate surface area is 123 Å². The van der Waals surface area contributed by atoms with Crippen molar-refractivity contribution in [1.82, 2.24) is 9.38 Å². The fourth-order valence-electron chi connectivity index (χ4n) is 1.83. The smallest absolute Gasteiger partial charge is 0.273 e. The number of carbonyl (C=O) groups is 1. The van der Waals surface area contributed by atoms with Gasteiger partial charge in [0, 0.05) is 23.5 Å². The van der Waals surface area contributed by atoms with Crippen LogP contribution in [0.5, 0.6) is 5.75 Å². The number of fused-ring (bicyclic) bond motifs is 1. The minimum Gasteiger partial charge on any atom is -0.495 e. The molecular formula is C13H10ClN3O2S. The molecule has 3 rings (SSSR count). The van der Waals surface area contributed by atoms with Gasteiger partial charge in [-0.05, 0) is 18.2 Å². The lowest BCUT2D eigenvalue weighted by molar-refractivity contribution is 0.102. The lowest BCUT2D eigenvalue weighted by Crippen LogP contribution is -2.13. The van der Waals surface area contributed by atoms with Crippen LogP contribution in [0.25, 0.3) is 4.96 Å². The van der Waals surface area contributed by atoms with Crippen LogP contribution < -0.4 is 10.1 Å². The fourth-order valence-corrected chi connectivity index (χ4v) is 2.92. The third kappa shape index (κ3) is 2.23. The van der Waals surface area contributed by atoms with E-state index in [1.54, 1.807) is 47.5 Å². The molecule has 0 bridgehead atoms. The van der Waals surface area contributed by atoms with Crippen LogP contribution in [0.15, 0.2) is 36.0 Å². The molecule has 0 radical (unpaired) electrons. The van der Waals surface area contributed by atoms with Gasteiger partial charge >= 0.3 is 0 Å². The maximum absolute atomic E-state index is 12.2. The molecule has 0 saturated carbocycles. The second kappa shape index (κ2) is 5.15. The maximum Gasteiger partial charge on any atom is 0.273 e. The van der Waals surface area contributed by atoms with Gasteiger partial charge in [0.15, 0.2) is 4.96 Å². The Balaban J connectivity index is 1.86. The molecule has 20 heavy (non-hydrogen) atoms. The highest BCUT2D eigenvalue weighted by atomic mass is 35.5. The molecule has 0 unspecified atom stereocenters. The summed E-state index contributed by atoms with van der Waals surface area (Å²) >= 11 is 7.44. The zero-order valence-corrected chi connectivity index (χ0v) is 12.0. The molecule has 0 aliphatic heterocycles. The number of rotatable bonds is 3. The summed E-state index contributed by atoms with van der Waals surface area (Å²) in [6.07, 6.45) is 3.41. The van der Waals surface area contributed by atoms with Crippen molar-refractivity contribution in [3.05, 3.63) is 46.7 Å². The first-order chi connectivity index (χ1) is 9.69. The molecule has 0 aliphatic rings. The third-order valence-corrected chi connectivity index (χ3v) is 3.93. The van der Waals surface area contributed by atoms with Gasteiger partial charge in [-0.1, -0.05) is 11.6 Å². The summed E-state index contributed by atoms with van der Waals surface area (Å²) in [6, 6.07) is 5.09. The Morgan fingerprint density at radius 1 is 1.50 bits per heavy atom. The molecule has 7 heteroatoms. The number of imidazole rings is 1. The van der Waals surface area contributed by atoms with Crippen LogP contribution in [0, 0.1) is 0 Å². The van der Waals surface area contributed by atoms with Crippen molar-refractivity contribution in [3.63, 3.8) is 0 Å². The Bertz CT molecular complexity index is 781. The molecule has 1 amide bonds. The molecule has 2 aromatic heterocycles. The van der Waals surface area contributed by atoms with E-state index < -0.39 is 0 Å². The van der Waals surface area contributed by atoms with Crippen molar-refractivity contribution in [3.8, 4) is 5.75 Å². The van der Waals surface area contributed by atoms with Gasteiger partial charge in [-0.25, -0.2) is 4.98 Å². The molecule has 1 N–H and O–H groups in total. The number of aromatic nitrogens is 2.